The van der Waals surface area contributed by atoms with Crippen molar-refractivity contribution < 1.29 is 17.9 Å². The topological polar surface area (TPSA) is 73.1 Å². The van der Waals surface area contributed by atoms with Gasteiger partial charge in [0.05, 0.1) is 0 Å². The Bertz CT molecular complexity index is 663. The van der Waals surface area contributed by atoms with Crippen LogP contribution in [0.15, 0.2) is 24.3 Å². The molecule has 0 unspecified atom stereocenters. The first-order valence-corrected chi connectivity index (χ1v) is 6.04. The maximum Gasteiger partial charge on any atom is 0.451 e. The average molecular weight is 319 g/mol. The van der Waals surface area contributed by atoms with Gasteiger partial charge in [-0.2, -0.15) is 18.2 Å². The molecule has 5 nitrogen and oxygen atoms in total. The molecule has 0 aliphatic heterocycles. The summed E-state index contributed by atoms with van der Waals surface area (Å²) in [6.45, 7) is 1.70. The van der Waals surface area contributed by atoms with Crippen molar-refractivity contribution in [3.05, 3.63) is 40.7 Å². The molecule has 0 radical (unpaired) electrons. The number of alkyl halides is 3. The molecule has 21 heavy (non-hydrogen) atoms. The second-order valence-electron chi connectivity index (χ2n) is 4.07. The van der Waals surface area contributed by atoms with Crippen molar-refractivity contribution in [1.82, 2.24) is 9.97 Å². The van der Waals surface area contributed by atoms with Crippen LogP contribution in [-0.2, 0) is 6.18 Å². The zero-order valence-corrected chi connectivity index (χ0v) is 11.5. The highest BCUT2D eigenvalue weighted by Crippen LogP contribution is 2.31. The van der Waals surface area contributed by atoms with Crippen LogP contribution in [0.4, 0.5) is 19.0 Å². The van der Waals surface area contributed by atoms with Crippen molar-refractivity contribution in [3.63, 3.8) is 0 Å². The first-order valence-electron chi connectivity index (χ1n) is 5.66. The van der Waals surface area contributed by atoms with E-state index in [1.807, 2.05) is 5.43 Å². The van der Waals surface area contributed by atoms with Crippen LogP contribution in [0.25, 0.3) is 0 Å². The molecule has 0 amide bonds. The first-order chi connectivity index (χ1) is 9.79. The number of nitrogens with zero attached hydrogens (tertiary/aromatic N) is 2. The third-order valence-electron chi connectivity index (χ3n) is 2.46. The second kappa shape index (κ2) is 5.74. The molecule has 1 heterocycles. The number of halogens is 4. The summed E-state index contributed by atoms with van der Waals surface area (Å²) in [5, 5.41) is 0.489. The van der Waals surface area contributed by atoms with Crippen LogP contribution in [0.1, 0.15) is 11.4 Å². The van der Waals surface area contributed by atoms with E-state index in [0.717, 1.165) is 6.07 Å². The van der Waals surface area contributed by atoms with E-state index >= 15 is 0 Å². The lowest BCUT2D eigenvalue weighted by Gasteiger charge is -2.12. The molecule has 3 N–H and O–H groups in total. The fourth-order valence-corrected chi connectivity index (χ4v) is 1.74. The molecule has 0 aliphatic carbocycles. The number of rotatable bonds is 3. The van der Waals surface area contributed by atoms with Crippen molar-refractivity contribution in [2.75, 3.05) is 5.43 Å². The van der Waals surface area contributed by atoms with E-state index in [1.54, 1.807) is 19.1 Å². The fraction of sp³-hybridized carbons (Fsp3) is 0.167. The largest absolute Gasteiger partial charge is 0.451 e. The molecule has 0 spiro atoms. The molecule has 1 aromatic carbocycles. The normalized spacial score (nSPS) is 11.3. The molecule has 0 aliphatic rings. The number of nitrogens with one attached hydrogen (secondary N) is 1. The molecule has 1 aromatic heterocycles. The molecular formula is C12H10ClF3N4O. The first kappa shape index (κ1) is 15.3. The fourth-order valence-electron chi connectivity index (χ4n) is 1.52. The summed E-state index contributed by atoms with van der Waals surface area (Å²) in [7, 11) is 0. The summed E-state index contributed by atoms with van der Waals surface area (Å²) in [6.07, 6.45) is -4.71. The smallest absolute Gasteiger partial charge is 0.439 e. The Morgan fingerprint density at radius 2 is 1.95 bits per heavy atom. The van der Waals surface area contributed by atoms with Gasteiger partial charge in [-0.15, -0.1) is 0 Å². The number of ether oxygens (including phenoxy) is 1. The average Bonchev–Trinajstić information content (AvgIpc) is 2.40. The lowest BCUT2D eigenvalue weighted by Crippen LogP contribution is -2.16. The maximum absolute atomic E-state index is 12.7. The molecule has 112 valence electrons. The van der Waals surface area contributed by atoms with Gasteiger partial charge in [0.2, 0.25) is 11.7 Å². The highest BCUT2D eigenvalue weighted by Gasteiger charge is 2.35. The van der Waals surface area contributed by atoms with E-state index in [1.165, 1.54) is 6.07 Å². The standard InChI is InChI=1S/C12H10ClF3N4O/c1-6-4-7(13)2-3-8(6)21-10-5-9(20-17)18-11(19-10)12(14,15)16/h2-5H,17H2,1H3,(H,18,19,20). The second-order valence-corrected chi connectivity index (χ2v) is 4.51. The number of nitrogen functional groups attached to an aromatic ring is 1. The van der Waals surface area contributed by atoms with Gasteiger partial charge < -0.3 is 10.2 Å². The third kappa shape index (κ3) is 3.73. The lowest BCUT2D eigenvalue weighted by molar-refractivity contribution is -0.145. The van der Waals surface area contributed by atoms with Crippen LogP contribution >= 0.6 is 11.6 Å². The molecule has 0 fully saturated rings. The zero-order valence-electron chi connectivity index (χ0n) is 10.7. The number of hydrogen-bond acceptors (Lipinski definition) is 5. The zero-order chi connectivity index (χ0) is 15.6. The van der Waals surface area contributed by atoms with Crippen LogP contribution in [-0.4, -0.2) is 9.97 Å². The van der Waals surface area contributed by atoms with Crippen molar-refractivity contribution in [2.24, 2.45) is 5.84 Å². The summed E-state index contributed by atoms with van der Waals surface area (Å²) in [5.41, 5.74) is 2.69. The van der Waals surface area contributed by atoms with Gasteiger partial charge >= 0.3 is 6.18 Å². The number of aromatic nitrogens is 2. The minimum Gasteiger partial charge on any atom is -0.439 e. The third-order valence-corrected chi connectivity index (χ3v) is 2.69. The number of anilines is 1. The number of aryl methyl sites for hydroxylation is 1. The predicted molar refractivity (Wildman–Crippen MR) is 71.1 cm³/mol. The Hall–Kier alpha value is -2.06. The van der Waals surface area contributed by atoms with Crippen LogP contribution < -0.4 is 16.0 Å². The monoisotopic (exact) mass is 318 g/mol. The molecule has 0 saturated heterocycles. The molecule has 0 saturated carbocycles. The van der Waals surface area contributed by atoms with Gasteiger partial charge in [0.1, 0.15) is 11.6 Å². The van der Waals surface area contributed by atoms with Crippen molar-refractivity contribution in [1.29, 1.82) is 0 Å². The number of nitrogens with two attached hydrogens (primary N) is 1. The number of hydrogen-bond donors (Lipinski definition) is 2. The molecule has 2 aromatic rings. The summed E-state index contributed by atoms with van der Waals surface area (Å²) >= 11 is 5.80. The van der Waals surface area contributed by atoms with Crippen LogP contribution in [0.5, 0.6) is 11.6 Å². The Morgan fingerprint density at radius 3 is 2.52 bits per heavy atom. The van der Waals surface area contributed by atoms with Crippen molar-refractivity contribution in [3.8, 4) is 11.6 Å². The van der Waals surface area contributed by atoms with Gasteiger partial charge in [-0.25, -0.2) is 10.8 Å². The SMILES string of the molecule is Cc1cc(Cl)ccc1Oc1cc(NN)nc(C(F)(F)F)n1. The maximum atomic E-state index is 12.7. The Balaban J connectivity index is 2.39. The van der Waals surface area contributed by atoms with Crippen molar-refractivity contribution in [2.45, 2.75) is 13.1 Å². The highest BCUT2D eigenvalue weighted by atomic mass is 35.5. The van der Waals surface area contributed by atoms with Crippen LogP contribution in [0, 0.1) is 6.92 Å². The van der Waals surface area contributed by atoms with Gasteiger partial charge in [-0.3, -0.25) is 0 Å². The quantitative estimate of drug-likeness (QED) is 0.669. The molecular weight excluding hydrogens is 309 g/mol. The Morgan fingerprint density at radius 1 is 1.24 bits per heavy atom. The summed E-state index contributed by atoms with van der Waals surface area (Å²) in [6, 6.07) is 5.86. The van der Waals surface area contributed by atoms with Crippen LogP contribution in [0.3, 0.4) is 0 Å². The Labute approximate surface area is 122 Å². The minimum atomic E-state index is -4.71. The van der Waals surface area contributed by atoms with E-state index in [0.29, 0.717) is 16.3 Å². The number of hydrazine groups is 1. The number of benzene rings is 1. The van der Waals surface area contributed by atoms with Crippen LogP contribution in [0.2, 0.25) is 5.02 Å². The minimum absolute atomic E-state index is 0.209. The molecule has 2 rings (SSSR count). The predicted octanol–water partition coefficient (Wildman–Crippen LogP) is 3.54. The Kier molecular flexibility index (Phi) is 4.19. The van der Waals surface area contributed by atoms with Gasteiger partial charge in [0.15, 0.2) is 0 Å². The van der Waals surface area contributed by atoms with E-state index in [4.69, 9.17) is 22.2 Å². The lowest BCUT2D eigenvalue weighted by atomic mass is 10.2. The van der Waals surface area contributed by atoms with E-state index < -0.39 is 12.0 Å². The summed E-state index contributed by atoms with van der Waals surface area (Å²) in [4.78, 5) is 6.55. The summed E-state index contributed by atoms with van der Waals surface area (Å²) < 4.78 is 43.4. The molecule has 0 bridgehead atoms. The van der Waals surface area contributed by atoms with Gasteiger partial charge in [0.25, 0.3) is 0 Å². The molecule has 9 heteroatoms. The highest BCUT2D eigenvalue weighted by molar-refractivity contribution is 6.30. The van der Waals surface area contributed by atoms with E-state index in [9.17, 15) is 13.2 Å². The van der Waals surface area contributed by atoms with Gasteiger partial charge in [-0.05, 0) is 30.7 Å². The van der Waals surface area contributed by atoms with E-state index in [2.05, 4.69) is 9.97 Å². The van der Waals surface area contributed by atoms with E-state index in [-0.39, 0.29) is 11.7 Å². The van der Waals surface area contributed by atoms with Crippen molar-refractivity contribution >= 4 is 17.4 Å². The molecule has 0 atom stereocenters. The van der Waals surface area contributed by atoms with Gasteiger partial charge in [-0.1, -0.05) is 11.6 Å². The van der Waals surface area contributed by atoms with Gasteiger partial charge in [0, 0.05) is 11.1 Å². The summed E-state index contributed by atoms with van der Waals surface area (Å²) in [5.74, 6) is 3.58.